The van der Waals surface area contributed by atoms with E-state index >= 15 is 0 Å². The Labute approximate surface area is 115 Å². The number of ether oxygens (including phenoxy) is 2. The van der Waals surface area contributed by atoms with Crippen molar-refractivity contribution in [1.29, 1.82) is 0 Å². The summed E-state index contributed by atoms with van der Waals surface area (Å²) in [6, 6.07) is 3.67. The molecule has 0 atom stereocenters. The van der Waals surface area contributed by atoms with Crippen molar-refractivity contribution in [2.75, 3.05) is 13.7 Å². The van der Waals surface area contributed by atoms with Gasteiger partial charge in [-0.3, -0.25) is 0 Å². The van der Waals surface area contributed by atoms with E-state index in [2.05, 4.69) is 34.4 Å². The number of methoxy groups -OCH3 is 1. The summed E-state index contributed by atoms with van der Waals surface area (Å²) in [7, 11) is 1.59. The number of hydrogen-bond donors (Lipinski definition) is 0. The van der Waals surface area contributed by atoms with Crippen LogP contribution in [-0.2, 0) is 11.2 Å². The predicted octanol–water partition coefficient (Wildman–Crippen LogP) is 2.44. The van der Waals surface area contributed by atoms with E-state index in [1.807, 2.05) is 6.07 Å². The zero-order chi connectivity index (χ0) is 12.7. The Balaban J connectivity index is 3.06. The van der Waals surface area contributed by atoms with Gasteiger partial charge in [0.1, 0.15) is 12.9 Å². The van der Waals surface area contributed by atoms with E-state index < -0.39 is 0 Å². The molecule has 0 spiro atoms. The van der Waals surface area contributed by atoms with Gasteiger partial charge in [0.05, 0.1) is 10.7 Å². The maximum absolute atomic E-state index is 10.6. The quantitative estimate of drug-likeness (QED) is 0.468. The Bertz CT molecular complexity index is 458. The molecular weight excluding hydrogens is 331 g/mol. The molecule has 0 amide bonds. The number of carbonyl (C=O) groups excluding carboxylic acids is 1. The summed E-state index contributed by atoms with van der Waals surface area (Å²) in [6.45, 7) is 2.07. The van der Waals surface area contributed by atoms with E-state index in [0.29, 0.717) is 24.5 Å². The highest BCUT2D eigenvalue weighted by atomic mass is 127. The highest BCUT2D eigenvalue weighted by Crippen LogP contribution is 2.34. The number of rotatable bonds is 5. The second-order valence-electron chi connectivity index (χ2n) is 3.16. The van der Waals surface area contributed by atoms with Gasteiger partial charge < -0.3 is 14.3 Å². The molecule has 1 rings (SSSR count). The van der Waals surface area contributed by atoms with Gasteiger partial charge in [-0.15, -0.1) is 5.92 Å². The Hall–Kier alpha value is -1.22. The van der Waals surface area contributed by atoms with Gasteiger partial charge in [-0.2, -0.15) is 0 Å². The summed E-state index contributed by atoms with van der Waals surface area (Å²) >= 11 is 2.15. The van der Waals surface area contributed by atoms with Crippen molar-refractivity contribution >= 4 is 28.9 Å². The molecule has 17 heavy (non-hydrogen) atoms. The third kappa shape index (κ3) is 3.63. The third-order valence-electron chi connectivity index (χ3n) is 2.13. The average molecular weight is 344 g/mol. The molecule has 1 aromatic rings. The molecule has 0 N–H and O–H groups in total. The minimum atomic E-state index is 0.313. The van der Waals surface area contributed by atoms with E-state index in [4.69, 9.17) is 9.47 Å². The lowest BCUT2D eigenvalue weighted by Crippen LogP contribution is -2.02. The zero-order valence-electron chi connectivity index (χ0n) is 9.75. The maximum Gasteiger partial charge on any atom is 0.176 e. The molecule has 3 nitrogen and oxygen atoms in total. The summed E-state index contributed by atoms with van der Waals surface area (Å²) in [6.07, 6.45) is 1.25. The molecule has 0 aliphatic rings. The smallest absolute Gasteiger partial charge is 0.176 e. The lowest BCUT2D eigenvalue weighted by molar-refractivity contribution is -0.107. The highest BCUT2D eigenvalue weighted by Gasteiger charge is 2.12. The fourth-order valence-corrected chi connectivity index (χ4v) is 2.12. The van der Waals surface area contributed by atoms with Crippen LogP contribution >= 0.6 is 22.6 Å². The summed E-state index contributed by atoms with van der Waals surface area (Å²) in [5.74, 6) is 6.89. The molecule has 0 aliphatic heterocycles. The van der Waals surface area contributed by atoms with Crippen LogP contribution < -0.4 is 9.47 Å². The van der Waals surface area contributed by atoms with E-state index in [0.717, 1.165) is 15.4 Å². The van der Waals surface area contributed by atoms with Crippen LogP contribution in [0.25, 0.3) is 0 Å². The Morgan fingerprint density at radius 3 is 2.82 bits per heavy atom. The minimum absolute atomic E-state index is 0.313. The molecular formula is C13H13IO3. The fourth-order valence-electron chi connectivity index (χ4n) is 1.30. The van der Waals surface area contributed by atoms with Crippen molar-refractivity contribution in [3.63, 3.8) is 0 Å². The SMILES string of the molecule is CC#CCOc1c(OC)ccc(CC=O)c1I. The summed E-state index contributed by atoms with van der Waals surface area (Å²) < 4.78 is 11.7. The monoisotopic (exact) mass is 344 g/mol. The maximum atomic E-state index is 10.6. The van der Waals surface area contributed by atoms with Crippen LogP contribution in [-0.4, -0.2) is 20.0 Å². The minimum Gasteiger partial charge on any atom is -0.493 e. The predicted molar refractivity (Wildman–Crippen MR) is 74.4 cm³/mol. The molecule has 0 aromatic heterocycles. The van der Waals surface area contributed by atoms with E-state index in [1.54, 1.807) is 20.1 Å². The molecule has 0 unspecified atom stereocenters. The summed E-state index contributed by atoms with van der Waals surface area (Å²) in [5.41, 5.74) is 0.931. The van der Waals surface area contributed by atoms with Crippen molar-refractivity contribution in [1.82, 2.24) is 0 Å². The van der Waals surface area contributed by atoms with Crippen LogP contribution in [0.4, 0.5) is 0 Å². The number of halogens is 1. The lowest BCUT2D eigenvalue weighted by atomic mass is 10.1. The first-order valence-electron chi connectivity index (χ1n) is 5.06. The molecule has 0 fully saturated rings. The number of carbonyl (C=O) groups is 1. The molecule has 4 heteroatoms. The Morgan fingerprint density at radius 2 is 2.24 bits per heavy atom. The average Bonchev–Trinajstić information content (AvgIpc) is 2.34. The molecule has 90 valence electrons. The molecule has 0 radical (unpaired) electrons. The highest BCUT2D eigenvalue weighted by molar-refractivity contribution is 14.1. The van der Waals surface area contributed by atoms with Crippen LogP contribution in [0.5, 0.6) is 11.5 Å². The van der Waals surface area contributed by atoms with E-state index in [-0.39, 0.29) is 0 Å². The summed E-state index contributed by atoms with van der Waals surface area (Å²) in [4.78, 5) is 10.6. The largest absolute Gasteiger partial charge is 0.493 e. The van der Waals surface area contributed by atoms with Gasteiger partial charge >= 0.3 is 0 Å². The van der Waals surface area contributed by atoms with Gasteiger partial charge in [-0.05, 0) is 41.1 Å². The molecule has 0 saturated heterocycles. The third-order valence-corrected chi connectivity index (χ3v) is 3.31. The fraction of sp³-hybridized carbons (Fsp3) is 0.308. The van der Waals surface area contributed by atoms with Gasteiger partial charge in [0.15, 0.2) is 11.5 Å². The van der Waals surface area contributed by atoms with Crippen LogP contribution in [0.3, 0.4) is 0 Å². The molecule has 1 aromatic carbocycles. The van der Waals surface area contributed by atoms with E-state index in [1.165, 1.54) is 0 Å². The van der Waals surface area contributed by atoms with Gasteiger partial charge in [0.2, 0.25) is 0 Å². The van der Waals surface area contributed by atoms with Crippen molar-refractivity contribution in [2.24, 2.45) is 0 Å². The first-order chi connectivity index (χ1) is 8.24. The van der Waals surface area contributed by atoms with Crippen molar-refractivity contribution in [3.05, 3.63) is 21.3 Å². The van der Waals surface area contributed by atoms with Crippen LogP contribution in [0.2, 0.25) is 0 Å². The van der Waals surface area contributed by atoms with E-state index in [9.17, 15) is 4.79 Å². The second kappa shape index (κ2) is 7.17. The van der Waals surface area contributed by atoms with Crippen LogP contribution in [0, 0.1) is 15.4 Å². The Kier molecular flexibility index (Phi) is 5.84. The molecule has 0 bridgehead atoms. The molecule has 0 heterocycles. The van der Waals surface area contributed by atoms with Crippen molar-refractivity contribution in [3.8, 4) is 23.3 Å². The molecule has 0 saturated carbocycles. The van der Waals surface area contributed by atoms with Crippen LogP contribution in [0.15, 0.2) is 12.1 Å². The van der Waals surface area contributed by atoms with Gasteiger partial charge in [0, 0.05) is 6.42 Å². The zero-order valence-corrected chi connectivity index (χ0v) is 11.9. The molecule has 0 aliphatic carbocycles. The number of aldehydes is 1. The van der Waals surface area contributed by atoms with Crippen molar-refractivity contribution in [2.45, 2.75) is 13.3 Å². The second-order valence-corrected chi connectivity index (χ2v) is 4.24. The lowest BCUT2D eigenvalue weighted by Gasteiger charge is -2.13. The first kappa shape index (κ1) is 13.8. The van der Waals surface area contributed by atoms with Crippen molar-refractivity contribution < 1.29 is 14.3 Å². The van der Waals surface area contributed by atoms with Crippen LogP contribution in [0.1, 0.15) is 12.5 Å². The van der Waals surface area contributed by atoms with Gasteiger partial charge in [0.25, 0.3) is 0 Å². The van der Waals surface area contributed by atoms with Gasteiger partial charge in [-0.25, -0.2) is 0 Å². The topological polar surface area (TPSA) is 35.5 Å². The number of benzene rings is 1. The first-order valence-corrected chi connectivity index (χ1v) is 6.13. The normalized spacial score (nSPS) is 9.12. The Morgan fingerprint density at radius 1 is 1.47 bits per heavy atom. The van der Waals surface area contributed by atoms with Gasteiger partial charge in [-0.1, -0.05) is 12.0 Å². The standard InChI is InChI=1S/C13H13IO3/c1-3-4-9-17-13-11(16-2)6-5-10(7-8-15)12(13)14/h5-6,8H,7,9H2,1-2H3. The number of hydrogen-bond acceptors (Lipinski definition) is 3. The summed E-state index contributed by atoms with van der Waals surface area (Å²) in [5, 5.41) is 0.